The van der Waals surface area contributed by atoms with Gasteiger partial charge in [-0.3, -0.25) is 4.79 Å². The van der Waals surface area contributed by atoms with Crippen LogP contribution in [0.2, 0.25) is 5.02 Å². The standard InChI is InChI=1S/C20H18ClN5O3/c1-13-11-19(26(28)29)24-25(13)12-15-3-5-17(6-4-15)20(27)23-22-14(2)16-7-9-18(21)10-8-16/h3-11H,12H2,1-2H3,(H,23,27)/b22-14+. The van der Waals surface area contributed by atoms with Crippen molar-refractivity contribution >= 4 is 29.0 Å². The molecule has 0 fully saturated rings. The Morgan fingerprint density at radius 2 is 1.79 bits per heavy atom. The second-order valence-electron chi connectivity index (χ2n) is 6.40. The normalized spacial score (nSPS) is 11.3. The van der Waals surface area contributed by atoms with Crippen molar-refractivity contribution in [2.24, 2.45) is 5.10 Å². The summed E-state index contributed by atoms with van der Waals surface area (Å²) in [6.45, 7) is 3.91. The van der Waals surface area contributed by atoms with Gasteiger partial charge in [-0.25, -0.2) is 5.43 Å². The minimum atomic E-state index is -0.524. The quantitative estimate of drug-likeness (QED) is 0.376. The van der Waals surface area contributed by atoms with E-state index in [4.69, 9.17) is 11.6 Å². The molecule has 148 valence electrons. The predicted octanol–water partition coefficient (Wildman–Crippen LogP) is 3.96. The molecular weight excluding hydrogens is 394 g/mol. The van der Waals surface area contributed by atoms with Crippen LogP contribution in [0.25, 0.3) is 0 Å². The molecule has 3 aromatic rings. The Kier molecular flexibility index (Phi) is 6.04. The van der Waals surface area contributed by atoms with E-state index < -0.39 is 4.92 Å². The number of hydrogen-bond acceptors (Lipinski definition) is 5. The molecule has 0 unspecified atom stereocenters. The van der Waals surface area contributed by atoms with E-state index in [0.29, 0.717) is 28.5 Å². The molecule has 1 heterocycles. The molecule has 0 aliphatic heterocycles. The number of carbonyl (C=O) groups excluding carboxylic acids is 1. The Morgan fingerprint density at radius 3 is 2.38 bits per heavy atom. The lowest BCUT2D eigenvalue weighted by Gasteiger charge is -2.05. The van der Waals surface area contributed by atoms with Crippen LogP contribution in [0.15, 0.2) is 59.7 Å². The van der Waals surface area contributed by atoms with Gasteiger partial charge < -0.3 is 10.1 Å². The molecular formula is C20H18ClN5O3. The van der Waals surface area contributed by atoms with Gasteiger partial charge in [0.2, 0.25) is 0 Å². The van der Waals surface area contributed by atoms with Crippen LogP contribution in [0.1, 0.15) is 34.1 Å². The number of aryl methyl sites for hydroxylation is 1. The number of nitro groups is 1. The first-order chi connectivity index (χ1) is 13.8. The molecule has 9 heteroatoms. The first kappa shape index (κ1) is 20.2. The van der Waals surface area contributed by atoms with Gasteiger partial charge in [0.05, 0.1) is 29.1 Å². The van der Waals surface area contributed by atoms with E-state index in [1.807, 2.05) is 12.1 Å². The Morgan fingerprint density at radius 1 is 1.17 bits per heavy atom. The maximum Gasteiger partial charge on any atom is 0.390 e. The summed E-state index contributed by atoms with van der Waals surface area (Å²) >= 11 is 5.87. The van der Waals surface area contributed by atoms with Crippen molar-refractivity contribution in [2.45, 2.75) is 20.4 Å². The Labute approximate surface area is 172 Å². The van der Waals surface area contributed by atoms with Crippen LogP contribution in [0.5, 0.6) is 0 Å². The van der Waals surface area contributed by atoms with E-state index >= 15 is 0 Å². The molecule has 0 radical (unpaired) electrons. The number of nitrogens with one attached hydrogen (secondary N) is 1. The number of carbonyl (C=O) groups is 1. The third-order valence-electron chi connectivity index (χ3n) is 4.29. The van der Waals surface area contributed by atoms with Gasteiger partial charge in [0.15, 0.2) is 0 Å². The van der Waals surface area contributed by atoms with Gasteiger partial charge in [-0.2, -0.15) is 9.78 Å². The third-order valence-corrected chi connectivity index (χ3v) is 4.54. The lowest BCUT2D eigenvalue weighted by molar-refractivity contribution is -0.389. The van der Waals surface area contributed by atoms with Gasteiger partial charge in [0.25, 0.3) is 5.91 Å². The molecule has 0 spiro atoms. The summed E-state index contributed by atoms with van der Waals surface area (Å²) in [6.07, 6.45) is 0. The second-order valence-corrected chi connectivity index (χ2v) is 6.84. The zero-order valence-corrected chi connectivity index (χ0v) is 16.6. The SMILES string of the molecule is C/C(=N\NC(=O)c1ccc(Cn2nc([N+](=O)[O-])cc2C)cc1)c1ccc(Cl)cc1. The number of rotatable bonds is 6. The molecule has 1 N–H and O–H groups in total. The Balaban J connectivity index is 1.65. The van der Waals surface area contributed by atoms with Crippen molar-refractivity contribution in [3.05, 3.63) is 92.1 Å². The molecule has 8 nitrogen and oxygen atoms in total. The fourth-order valence-electron chi connectivity index (χ4n) is 2.63. The van der Waals surface area contributed by atoms with Crippen molar-refractivity contribution in [3.8, 4) is 0 Å². The molecule has 2 aromatic carbocycles. The predicted molar refractivity (Wildman–Crippen MR) is 110 cm³/mol. The van der Waals surface area contributed by atoms with Crippen LogP contribution < -0.4 is 5.43 Å². The van der Waals surface area contributed by atoms with Crippen LogP contribution >= 0.6 is 11.6 Å². The molecule has 3 rings (SSSR count). The second kappa shape index (κ2) is 8.66. The summed E-state index contributed by atoms with van der Waals surface area (Å²) in [4.78, 5) is 22.6. The van der Waals surface area contributed by atoms with Crippen molar-refractivity contribution in [1.29, 1.82) is 0 Å². The van der Waals surface area contributed by atoms with Gasteiger partial charge in [0.1, 0.15) is 0 Å². The monoisotopic (exact) mass is 411 g/mol. The highest BCUT2D eigenvalue weighted by atomic mass is 35.5. The highest BCUT2D eigenvalue weighted by Gasteiger charge is 2.15. The van der Waals surface area contributed by atoms with Gasteiger partial charge in [-0.15, -0.1) is 0 Å². The molecule has 0 saturated heterocycles. The number of nitrogens with zero attached hydrogens (tertiary/aromatic N) is 4. The van der Waals surface area contributed by atoms with E-state index in [1.54, 1.807) is 54.9 Å². The van der Waals surface area contributed by atoms with Crippen LogP contribution in [0.3, 0.4) is 0 Å². The summed E-state index contributed by atoms with van der Waals surface area (Å²) in [7, 11) is 0. The van der Waals surface area contributed by atoms with E-state index in [0.717, 1.165) is 11.1 Å². The highest BCUT2D eigenvalue weighted by molar-refractivity contribution is 6.30. The number of halogens is 1. The molecule has 0 bridgehead atoms. The number of aromatic nitrogens is 2. The first-order valence-electron chi connectivity index (χ1n) is 8.72. The van der Waals surface area contributed by atoms with Crippen molar-refractivity contribution < 1.29 is 9.72 Å². The van der Waals surface area contributed by atoms with Gasteiger partial charge >= 0.3 is 5.82 Å². The minimum Gasteiger partial charge on any atom is -0.358 e. The molecule has 0 saturated carbocycles. The molecule has 0 aliphatic rings. The van der Waals surface area contributed by atoms with Crippen molar-refractivity contribution in [3.63, 3.8) is 0 Å². The number of hydrogen-bond donors (Lipinski definition) is 1. The largest absolute Gasteiger partial charge is 0.390 e. The van der Waals surface area contributed by atoms with E-state index in [1.165, 1.54) is 6.07 Å². The molecule has 1 aromatic heterocycles. The minimum absolute atomic E-state index is 0.188. The average Bonchev–Trinajstić information content (AvgIpc) is 3.07. The number of hydrazone groups is 1. The Hall–Kier alpha value is -3.52. The van der Waals surface area contributed by atoms with E-state index in [2.05, 4.69) is 15.6 Å². The summed E-state index contributed by atoms with van der Waals surface area (Å²) < 4.78 is 1.55. The maximum atomic E-state index is 12.3. The van der Waals surface area contributed by atoms with E-state index in [-0.39, 0.29) is 11.7 Å². The zero-order chi connectivity index (χ0) is 21.0. The number of amides is 1. The molecule has 0 aliphatic carbocycles. The average molecular weight is 412 g/mol. The van der Waals surface area contributed by atoms with Crippen LogP contribution in [0, 0.1) is 17.0 Å². The first-order valence-corrected chi connectivity index (χ1v) is 9.09. The molecule has 29 heavy (non-hydrogen) atoms. The van der Waals surface area contributed by atoms with Crippen LogP contribution in [-0.2, 0) is 6.54 Å². The van der Waals surface area contributed by atoms with Crippen LogP contribution in [0.4, 0.5) is 5.82 Å². The smallest absolute Gasteiger partial charge is 0.358 e. The summed E-state index contributed by atoms with van der Waals surface area (Å²) in [6, 6.07) is 15.5. The fourth-order valence-corrected chi connectivity index (χ4v) is 2.76. The van der Waals surface area contributed by atoms with Gasteiger partial charge in [-0.1, -0.05) is 35.9 Å². The topological polar surface area (TPSA) is 102 Å². The van der Waals surface area contributed by atoms with Gasteiger partial charge in [-0.05, 0) is 54.2 Å². The van der Waals surface area contributed by atoms with Gasteiger partial charge in [0, 0.05) is 10.6 Å². The molecule has 0 atom stereocenters. The number of benzene rings is 2. The summed E-state index contributed by atoms with van der Waals surface area (Å²) in [5.41, 5.74) is 6.04. The summed E-state index contributed by atoms with van der Waals surface area (Å²) in [5, 5.41) is 19.5. The van der Waals surface area contributed by atoms with Crippen molar-refractivity contribution in [2.75, 3.05) is 0 Å². The zero-order valence-electron chi connectivity index (χ0n) is 15.8. The fraction of sp³-hybridized carbons (Fsp3) is 0.150. The highest BCUT2D eigenvalue weighted by Crippen LogP contribution is 2.14. The maximum absolute atomic E-state index is 12.3. The summed E-state index contributed by atoms with van der Waals surface area (Å²) in [5.74, 6) is -0.525. The van der Waals surface area contributed by atoms with E-state index in [9.17, 15) is 14.9 Å². The third kappa shape index (κ3) is 5.05. The lowest BCUT2D eigenvalue weighted by atomic mass is 10.1. The van der Waals surface area contributed by atoms with Crippen LogP contribution in [-0.4, -0.2) is 26.3 Å². The van der Waals surface area contributed by atoms with Crippen molar-refractivity contribution in [1.82, 2.24) is 15.2 Å². The Bertz CT molecular complexity index is 1070. The lowest BCUT2D eigenvalue weighted by Crippen LogP contribution is -2.19. The molecule has 1 amide bonds.